The van der Waals surface area contributed by atoms with Gasteiger partial charge in [0, 0.05) is 8.04 Å². The highest BCUT2D eigenvalue weighted by atomic mass is 127. The third-order valence-corrected chi connectivity index (χ3v) is 4.10. The van der Waals surface area contributed by atoms with E-state index in [0.29, 0.717) is 4.47 Å². The molecule has 0 fully saturated rings. The monoisotopic (exact) mass is 426 g/mol. The maximum absolute atomic E-state index is 11.9. The third-order valence-electron chi connectivity index (χ3n) is 1.19. The summed E-state index contributed by atoms with van der Waals surface area (Å²) in [5, 5.41) is 0. The number of ether oxygens (including phenoxy) is 1. The van der Waals surface area contributed by atoms with Crippen LogP contribution in [0.2, 0.25) is 0 Å². The van der Waals surface area contributed by atoms with Crippen molar-refractivity contribution >= 4 is 54.5 Å². The van der Waals surface area contributed by atoms with Crippen molar-refractivity contribution in [3.8, 4) is 5.75 Å². The van der Waals surface area contributed by atoms with Crippen molar-refractivity contribution < 1.29 is 13.5 Å². The quantitative estimate of drug-likeness (QED) is 0.501. The average molecular weight is 428 g/mol. The van der Waals surface area contributed by atoms with Crippen LogP contribution in [0.15, 0.2) is 21.1 Å². The lowest BCUT2D eigenvalue weighted by Gasteiger charge is -2.07. The van der Waals surface area contributed by atoms with Crippen LogP contribution in [-0.2, 0) is 0 Å². The van der Waals surface area contributed by atoms with Crippen LogP contribution in [0, 0.1) is 3.57 Å². The Balaban J connectivity index is 3.01. The summed E-state index contributed by atoms with van der Waals surface area (Å²) in [6.07, 6.45) is 0. The maximum atomic E-state index is 11.9. The minimum Gasteiger partial charge on any atom is -0.434 e. The molecule has 1 nitrogen and oxygen atoms in total. The first-order chi connectivity index (χ1) is 6.00. The Labute approximate surface area is 104 Å². The lowest BCUT2D eigenvalue weighted by atomic mass is 10.3. The molecule has 0 amide bonds. The summed E-state index contributed by atoms with van der Waals surface area (Å²) in [5.74, 6) is 0.141. The van der Waals surface area contributed by atoms with E-state index in [1.165, 1.54) is 6.07 Å². The fourth-order valence-electron chi connectivity index (χ4n) is 0.691. The minimum absolute atomic E-state index is 0.141. The second-order valence-electron chi connectivity index (χ2n) is 2.08. The highest BCUT2D eigenvalue weighted by Gasteiger charge is 2.10. The second kappa shape index (κ2) is 4.88. The highest BCUT2D eigenvalue weighted by molar-refractivity contribution is 14.1. The van der Waals surface area contributed by atoms with Crippen LogP contribution in [0.25, 0.3) is 0 Å². The smallest absolute Gasteiger partial charge is 0.387 e. The summed E-state index contributed by atoms with van der Waals surface area (Å²) >= 11 is 8.40. The van der Waals surface area contributed by atoms with Gasteiger partial charge < -0.3 is 4.74 Å². The molecule has 0 saturated carbocycles. The summed E-state index contributed by atoms with van der Waals surface area (Å²) in [7, 11) is 0. The molecule has 0 bridgehead atoms. The number of hydrogen-bond donors (Lipinski definition) is 0. The zero-order valence-corrected chi connectivity index (χ0v) is 11.4. The predicted octanol–water partition coefficient (Wildman–Crippen LogP) is 4.42. The molecule has 0 aliphatic carbocycles. The molecule has 0 aliphatic rings. The first kappa shape index (κ1) is 11.6. The summed E-state index contributed by atoms with van der Waals surface area (Å²) in [5.41, 5.74) is 0. The Morgan fingerprint density at radius 2 is 1.85 bits per heavy atom. The van der Waals surface area contributed by atoms with Crippen molar-refractivity contribution in [3.63, 3.8) is 0 Å². The number of halogens is 5. The van der Waals surface area contributed by atoms with Crippen LogP contribution in [0.1, 0.15) is 0 Å². The standard InChI is InChI=1S/C7H3Br2F2IO/c8-3-1-4(9)6(2-5(3)12)13-7(10)11/h1-2,7H. The van der Waals surface area contributed by atoms with E-state index in [2.05, 4.69) is 36.6 Å². The summed E-state index contributed by atoms with van der Waals surface area (Å²) < 4.78 is 30.2. The largest absolute Gasteiger partial charge is 0.434 e. The molecule has 0 radical (unpaired) electrons. The van der Waals surface area contributed by atoms with E-state index in [1.54, 1.807) is 6.07 Å². The maximum Gasteiger partial charge on any atom is 0.387 e. The van der Waals surface area contributed by atoms with Gasteiger partial charge in [0.15, 0.2) is 0 Å². The predicted molar refractivity (Wildman–Crippen MR) is 61.2 cm³/mol. The Morgan fingerprint density at radius 1 is 1.23 bits per heavy atom. The van der Waals surface area contributed by atoms with E-state index in [0.717, 1.165) is 8.04 Å². The zero-order valence-electron chi connectivity index (χ0n) is 6.03. The Morgan fingerprint density at radius 3 is 2.38 bits per heavy atom. The van der Waals surface area contributed by atoms with Gasteiger partial charge in [-0.3, -0.25) is 0 Å². The molecular formula is C7H3Br2F2IO. The van der Waals surface area contributed by atoms with E-state index in [4.69, 9.17) is 0 Å². The third kappa shape index (κ3) is 3.32. The van der Waals surface area contributed by atoms with Gasteiger partial charge in [0.05, 0.1) is 4.47 Å². The van der Waals surface area contributed by atoms with Crippen molar-refractivity contribution in [1.82, 2.24) is 0 Å². The van der Waals surface area contributed by atoms with Gasteiger partial charge in [-0.25, -0.2) is 0 Å². The van der Waals surface area contributed by atoms with E-state index < -0.39 is 6.61 Å². The van der Waals surface area contributed by atoms with Gasteiger partial charge in [-0.15, -0.1) is 0 Å². The lowest BCUT2D eigenvalue weighted by molar-refractivity contribution is -0.0504. The molecule has 72 valence electrons. The van der Waals surface area contributed by atoms with Crippen molar-refractivity contribution in [2.75, 3.05) is 0 Å². The fraction of sp³-hybridized carbons (Fsp3) is 0.143. The summed E-state index contributed by atoms with van der Waals surface area (Å²) in [6.45, 7) is -2.80. The number of rotatable bonds is 2. The van der Waals surface area contributed by atoms with Gasteiger partial charge in [-0.2, -0.15) is 8.78 Å². The van der Waals surface area contributed by atoms with E-state index in [1.807, 2.05) is 22.6 Å². The van der Waals surface area contributed by atoms with E-state index in [9.17, 15) is 8.78 Å². The zero-order chi connectivity index (χ0) is 10.0. The SMILES string of the molecule is FC(F)Oc1cc(I)c(Br)cc1Br. The van der Waals surface area contributed by atoms with E-state index >= 15 is 0 Å². The second-order valence-corrected chi connectivity index (χ2v) is 4.95. The van der Waals surface area contributed by atoms with Gasteiger partial charge >= 0.3 is 6.61 Å². The molecule has 1 aromatic rings. The van der Waals surface area contributed by atoms with E-state index in [-0.39, 0.29) is 5.75 Å². The van der Waals surface area contributed by atoms with Crippen LogP contribution >= 0.6 is 54.5 Å². The van der Waals surface area contributed by atoms with Crippen LogP contribution < -0.4 is 4.74 Å². The van der Waals surface area contributed by atoms with Gasteiger partial charge in [-0.05, 0) is 66.6 Å². The van der Waals surface area contributed by atoms with Crippen molar-refractivity contribution in [2.45, 2.75) is 6.61 Å². The molecular weight excluding hydrogens is 425 g/mol. The van der Waals surface area contributed by atoms with Crippen LogP contribution in [0.4, 0.5) is 8.78 Å². The van der Waals surface area contributed by atoms with Gasteiger partial charge in [-0.1, -0.05) is 0 Å². The number of alkyl halides is 2. The molecule has 13 heavy (non-hydrogen) atoms. The normalized spacial score (nSPS) is 10.6. The first-order valence-electron chi connectivity index (χ1n) is 3.10. The van der Waals surface area contributed by atoms with Crippen molar-refractivity contribution in [1.29, 1.82) is 0 Å². The molecule has 0 heterocycles. The van der Waals surface area contributed by atoms with Crippen LogP contribution in [-0.4, -0.2) is 6.61 Å². The van der Waals surface area contributed by atoms with Gasteiger partial charge in [0.2, 0.25) is 0 Å². The molecule has 0 N–H and O–H groups in total. The topological polar surface area (TPSA) is 9.23 Å². The molecule has 0 unspecified atom stereocenters. The molecule has 0 atom stereocenters. The fourth-order valence-corrected chi connectivity index (χ4v) is 2.22. The Kier molecular flexibility index (Phi) is 4.37. The Bertz CT molecular complexity index is 320. The van der Waals surface area contributed by atoms with Gasteiger partial charge in [0.25, 0.3) is 0 Å². The first-order valence-corrected chi connectivity index (χ1v) is 5.76. The number of hydrogen-bond acceptors (Lipinski definition) is 1. The summed E-state index contributed by atoms with van der Waals surface area (Å²) in [4.78, 5) is 0. The molecule has 0 aromatic heterocycles. The van der Waals surface area contributed by atoms with Crippen molar-refractivity contribution in [3.05, 3.63) is 24.6 Å². The van der Waals surface area contributed by atoms with Gasteiger partial charge in [0.1, 0.15) is 5.75 Å². The van der Waals surface area contributed by atoms with Crippen LogP contribution in [0.3, 0.4) is 0 Å². The minimum atomic E-state index is -2.80. The Hall–Kier alpha value is 0.570. The molecule has 1 aromatic carbocycles. The van der Waals surface area contributed by atoms with Crippen molar-refractivity contribution in [2.24, 2.45) is 0 Å². The molecule has 0 aliphatic heterocycles. The average Bonchev–Trinajstić information content (AvgIpc) is 1.99. The number of benzene rings is 1. The highest BCUT2D eigenvalue weighted by Crippen LogP contribution is 2.33. The summed E-state index contributed by atoms with van der Waals surface area (Å²) in [6, 6.07) is 3.19. The molecule has 0 saturated heterocycles. The molecule has 6 heteroatoms. The molecule has 1 rings (SSSR count). The lowest BCUT2D eigenvalue weighted by Crippen LogP contribution is -2.02. The molecule has 0 spiro atoms. The van der Waals surface area contributed by atoms with Crippen LogP contribution in [0.5, 0.6) is 5.75 Å².